The van der Waals surface area contributed by atoms with Crippen molar-refractivity contribution >= 4 is 72.2 Å². The quantitative estimate of drug-likeness (QED) is 0.138. The van der Waals surface area contributed by atoms with E-state index < -0.39 is 0 Å². The number of anilines is 3. The van der Waals surface area contributed by atoms with Gasteiger partial charge in [0.05, 0.1) is 22.4 Å². The highest BCUT2D eigenvalue weighted by atomic mass is 15.1. The Morgan fingerprint density at radius 3 is 1.90 bits per heavy atom. The topological polar surface area (TPSA) is 8.17 Å². The van der Waals surface area contributed by atoms with E-state index in [2.05, 4.69) is 258 Å². The first-order valence-electron chi connectivity index (χ1n) is 24.0. The Balaban J connectivity index is 1.03. The number of aromatic nitrogens is 1. The first-order valence-corrected chi connectivity index (χ1v) is 24.0. The molecule has 68 heavy (non-hydrogen) atoms. The average molecular weight is 869 g/mol. The first kappa shape index (κ1) is 39.9. The molecule has 0 amide bonds. The van der Waals surface area contributed by atoms with Gasteiger partial charge in [0.15, 0.2) is 0 Å². The van der Waals surface area contributed by atoms with Crippen molar-refractivity contribution in [2.45, 2.75) is 25.2 Å². The van der Waals surface area contributed by atoms with Gasteiger partial charge in [0.1, 0.15) is 0 Å². The summed E-state index contributed by atoms with van der Waals surface area (Å²) >= 11 is 0. The van der Waals surface area contributed by atoms with E-state index in [4.69, 9.17) is 0 Å². The molecule has 1 atom stereocenters. The first-order chi connectivity index (χ1) is 33.8. The summed E-state index contributed by atoms with van der Waals surface area (Å²) in [5.74, 6) is 0.240. The van der Waals surface area contributed by atoms with Gasteiger partial charge in [-0.15, -0.1) is 0 Å². The van der Waals surface area contributed by atoms with E-state index in [0.717, 1.165) is 36.3 Å². The second-order valence-corrected chi connectivity index (χ2v) is 18.2. The van der Waals surface area contributed by atoms with Gasteiger partial charge in [-0.05, 0) is 111 Å². The molecule has 2 heteroatoms. The van der Waals surface area contributed by atoms with E-state index in [9.17, 15) is 0 Å². The molecule has 0 bridgehead atoms. The van der Waals surface area contributed by atoms with Crippen molar-refractivity contribution in [3.05, 3.63) is 259 Å². The number of para-hydroxylation sites is 4. The molecular formula is C66H48N2. The zero-order chi connectivity index (χ0) is 45.0. The summed E-state index contributed by atoms with van der Waals surface area (Å²) in [7, 11) is 0. The van der Waals surface area contributed by atoms with Crippen LogP contribution in [0, 0.1) is 0 Å². The summed E-state index contributed by atoms with van der Waals surface area (Å²) in [6.07, 6.45) is 14.4. The molecule has 0 N–H and O–H groups in total. The van der Waals surface area contributed by atoms with Gasteiger partial charge in [-0.2, -0.15) is 0 Å². The molecule has 1 heterocycles. The highest BCUT2D eigenvalue weighted by Gasteiger charge is 2.27. The van der Waals surface area contributed by atoms with Crippen molar-refractivity contribution in [2.24, 2.45) is 0 Å². The minimum Gasteiger partial charge on any atom is -0.312 e. The Kier molecular flexibility index (Phi) is 9.83. The third-order valence-corrected chi connectivity index (χ3v) is 14.4. The van der Waals surface area contributed by atoms with Crippen molar-refractivity contribution in [2.75, 3.05) is 4.90 Å². The molecule has 0 spiro atoms. The number of hydrogen-bond acceptors (Lipinski definition) is 1. The van der Waals surface area contributed by atoms with Crippen LogP contribution in [0.4, 0.5) is 17.1 Å². The van der Waals surface area contributed by atoms with Gasteiger partial charge in [-0.1, -0.05) is 212 Å². The monoisotopic (exact) mass is 868 g/mol. The van der Waals surface area contributed by atoms with Crippen molar-refractivity contribution in [3.63, 3.8) is 0 Å². The highest BCUT2D eigenvalue weighted by Crippen LogP contribution is 2.50. The number of rotatable bonds is 8. The van der Waals surface area contributed by atoms with E-state index in [1.54, 1.807) is 0 Å². The molecule has 13 rings (SSSR count). The molecule has 2 nitrogen and oxygen atoms in total. The van der Waals surface area contributed by atoms with Crippen molar-refractivity contribution < 1.29 is 0 Å². The number of nitrogens with zero attached hydrogens (tertiary/aromatic N) is 2. The number of fused-ring (bicyclic) bond motifs is 7. The van der Waals surface area contributed by atoms with Gasteiger partial charge in [0, 0.05) is 44.8 Å². The maximum atomic E-state index is 2.52. The van der Waals surface area contributed by atoms with Crippen LogP contribution < -0.4 is 4.90 Å². The molecule has 10 aromatic carbocycles. The third kappa shape index (κ3) is 6.63. The zero-order valence-corrected chi connectivity index (χ0v) is 37.8. The van der Waals surface area contributed by atoms with Crippen LogP contribution >= 0.6 is 0 Å². The summed E-state index contributed by atoms with van der Waals surface area (Å²) in [6.45, 7) is 0. The molecular weight excluding hydrogens is 821 g/mol. The second kappa shape index (κ2) is 16.8. The summed E-state index contributed by atoms with van der Waals surface area (Å²) in [5, 5.41) is 7.57. The summed E-state index contributed by atoms with van der Waals surface area (Å²) < 4.78 is 2.52. The molecule has 0 saturated carbocycles. The minimum absolute atomic E-state index is 0.240. The molecule has 0 fully saturated rings. The summed E-state index contributed by atoms with van der Waals surface area (Å²) in [4.78, 5) is 2.51. The molecule has 0 radical (unpaired) electrons. The van der Waals surface area contributed by atoms with Gasteiger partial charge < -0.3 is 9.47 Å². The molecule has 0 aliphatic heterocycles. The molecule has 322 valence electrons. The van der Waals surface area contributed by atoms with Crippen molar-refractivity contribution in [1.82, 2.24) is 4.57 Å². The summed E-state index contributed by atoms with van der Waals surface area (Å²) in [5.41, 5.74) is 18.5. The SMILES string of the molecule is C1=CCCC(n2c3ccccc3c3cccc(-c4ccc(N(c5ccccc5-c5cccc6c5C(c5ccccc5)CC=C6)c5ccccc5-c5cccc6c5ccc5ccccc56)cc4)c32)=C1. The fourth-order valence-corrected chi connectivity index (χ4v) is 11.4. The van der Waals surface area contributed by atoms with Gasteiger partial charge in [0.25, 0.3) is 0 Å². The van der Waals surface area contributed by atoms with Gasteiger partial charge in [0.2, 0.25) is 0 Å². The lowest BCUT2D eigenvalue weighted by Crippen LogP contribution is -2.14. The number of benzene rings is 10. The third-order valence-electron chi connectivity index (χ3n) is 14.4. The van der Waals surface area contributed by atoms with Crippen molar-refractivity contribution in [1.29, 1.82) is 0 Å². The van der Waals surface area contributed by atoms with Gasteiger partial charge in [-0.25, -0.2) is 0 Å². The Morgan fingerprint density at radius 2 is 1.09 bits per heavy atom. The molecule has 1 unspecified atom stereocenters. The zero-order valence-electron chi connectivity index (χ0n) is 37.8. The van der Waals surface area contributed by atoms with Crippen LogP contribution in [0.25, 0.3) is 88.5 Å². The molecule has 0 saturated heterocycles. The normalized spacial score (nSPS) is 14.4. The fraction of sp³-hybridized carbons (Fsp3) is 0.0606. The Morgan fingerprint density at radius 1 is 0.441 bits per heavy atom. The van der Waals surface area contributed by atoms with Crippen LogP contribution in [0.5, 0.6) is 0 Å². The largest absolute Gasteiger partial charge is 0.312 e. The maximum absolute atomic E-state index is 2.52. The standard InChI is InChI=1S/C66H48N2/c1-3-19-45(20-4-1)52-30-15-22-48-23-16-34-60(65(48)52)58-28-10-13-37-63(58)67(62-36-12-9-27-57(62)55-33-18-32-54-51-26-8-7-21-46(51)41-44-56(54)55)50-42-39-47(40-43-50)53-31-17-35-61-59-29-11-14-38-64(59)68(66(53)61)49-24-5-2-6-25-49/h1-5,7-24,26-29,31-44,52H,6,25,30H2. The average Bonchev–Trinajstić information content (AvgIpc) is 3.76. The van der Waals surface area contributed by atoms with Crippen LogP contribution in [0.3, 0.4) is 0 Å². The lowest BCUT2D eigenvalue weighted by Gasteiger charge is -2.32. The molecule has 1 aromatic heterocycles. The van der Waals surface area contributed by atoms with E-state index in [-0.39, 0.29) is 5.92 Å². The molecule has 2 aliphatic rings. The fourth-order valence-electron chi connectivity index (χ4n) is 11.4. The Bertz CT molecular complexity index is 3830. The molecule has 11 aromatic rings. The number of hydrogen-bond donors (Lipinski definition) is 0. The Labute approximate surface area is 397 Å². The van der Waals surface area contributed by atoms with Crippen LogP contribution in [0.2, 0.25) is 0 Å². The Hall–Kier alpha value is -8.46. The highest BCUT2D eigenvalue weighted by molar-refractivity contribution is 6.15. The van der Waals surface area contributed by atoms with Crippen LogP contribution in [-0.2, 0) is 0 Å². The van der Waals surface area contributed by atoms with E-state index >= 15 is 0 Å². The van der Waals surface area contributed by atoms with Crippen molar-refractivity contribution in [3.8, 4) is 33.4 Å². The van der Waals surface area contributed by atoms with Crippen LogP contribution in [-0.4, -0.2) is 4.57 Å². The smallest absolute Gasteiger partial charge is 0.0616 e. The number of allylic oxidation sites excluding steroid dienone is 5. The van der Waals surface area contributed by atoms with E-state index in [1.165, 1.54) is 99.1 Å². The van der Waals surface area contributed by atoms with Gasteiger partial charge in [-0.3, -0.25) is 0 Å². The second-order valence-electron chi connectivity index (χ2n) is 18.2. The van der Waals surface area contributed by atoms with Gasteiger partial charge >= 0.3 is 0 Å². The maximum Gasteiger partial charge on any atom is 0.0616 e. The van der Waals surface area contributed by atoms with E-state index in [1.807, 2.05) is 0 Å². The summed E-state index contributed by atoms with van der Waals surface area (Å²) in [6, 6.07) is 81.1. The van der Waals surface area contributed by atoms with Crippen LogP contribution in [0.15, 0.2) is 243 Å². The predicted octanol–water partition coefficient (Wildman–Crippen LogP) is 18.3. The molecule has 2 aliphatic carbocycles. The van der Waals surface area contributed by atoms with Crippen LogP contribution in [0.1, 0.15) is 41.9 Å². The minimum atomic E-state index is 0.240. The lowest BCUT2D eigenvalue weighted by atomic mass is 9.78. The predicted molar refractivity (Wildman–Crippen MR) is 290 cm³/mol. The lowest BCUT2D eigenvalue weighted by molar-refractivity contribution is 0.821. The van der Waals surface area contributed by atoms with E-state index in [0.29, 0.717) is 0 Å².